The summed E-state index contributed by atoms with van der Waals surface area (Å²) >= 11 is 0. The summed E-state index contributed by atoms with van der Waals surface area (Å²) in [5.74, 6) is -0.971. The Bertz CT molecular complexity index is 1330. The largest absolute Gasteiger partial charge is 0.462 e. The van der Waals surface area contributed by atoms with E-state index in [-0.39, 0.29) is 37.5 Å². The topological polar surface area (TPSA) is 78.9 Å². The van der Waals surface area contributed by atoms with Gasteiger partial charge >= 0.3 is 17.9 Å². The predicted molar refractivity (Wildman–Crippen MR) is 284 cm³/mol. The molecular formula is C60H100O6. The van der Waals surface area contributed by atoms with Crippen LogP contribution >= 0.6 is 0 Å². The molecule has 1 atom stereocenters. The molecule has 0 aromatic rings. The van der Waals surface area contributed by atoms with Crippen LogP contribution in [0.5, 0.6) is 0 Å². The van der Waals surface area contributed by atoms with E-state index >= 15 is 0 Å². The maximum atomic E-state index is 12.8. The van der Waals surface area contributed by atoms with Crippen molar-refractivity contribution in [2.45, 2.75) is 252 Å². The first-order valence-corrected chi connectivity index (χ1v) is 27.3. The Balaban J connectivity index is 4.52. The van der Waals surface area contributed by atoms with E-state index in [2.05, 4.69) is 57.2 Å². The molecule has 0 aliphatic heterocycles. The van der Waals surface area contributed by atoms with Crippen LogP contribution in [0.4, 0.5) is 0 Å². The van der Waals surface area contributed by atoms with Crippen LogP contribution in [0.3, 0.4) is 0 Å². The van der Waals surface area contributed by atoms with Crippen LogP contribution in [0, 0.1) is 0 Å². The van der Waals surface area contributed by atoms with Gasteiger partial charge in [0.25, 0.3) is 0 Å². The average Bonchev–Trinajstić information content (AvgIpc) is 3.31. The summed E-state index contributed by atoms with van der Waals surface area (Å²) in [5.41, 5.74) is 0. The van der Waals surface area contributed by atoms with E-state index < -0.39 is 6.10 Å². The molecule has 0 aromatic carbocycles. The van der Waals surface area contributed by atoms with Crippen molar-refractivity contribution in [3.05, 3.63) is 97.2 Å². The fourth-order valence-electron chi connectivity index (χ4n) is 7.41. The summed E-state index contributed by atoms with van der Waals surface area (Å²) in [7, 11) is 0. The quantitative estimate of drug-likeness (QED) is 0.0262. The molecule has 0 radical (unpaired) electrons. The highest BCUT2D eigenvalue weighted by Gasteiger charge is 2.19. The Labute approximate surface area is 407 Å². The molecule has 0 saturated heterocycles. The van der Waals surface area contributed by atoms with Crippen LogP contribution in [-0.4, -0.2) is 37.2 Å². The van der Waals surface area contributed by atoms with E-state index in [4.69, 9.17) is 14.2 Å². The Morgan fingerprint density at radius 3 is 0.955 bits per heavy atom. The Hall–Kier alpha value is -3.67. The summed E-state index contributed by atoms with van der Waals surface area (Å²) in [5, 5.41) is 0. The number of unbranched alkanes of at least 4 members (excludes halogenated alkanes) is 27. The van der Waals surface area contributed by atoms with Gasteiger partial charge in [0.05, 0.1) is 0 Å². The second-order valence-corrected chi connectivity index (χ2v) is 17.9. The summed E-state index contributed by atoms with van der Waals surface area (Å²) < 4.78 is 16.8. The first-order valence-electron chi connectivity index (χ1n) is 27.3. The molecule has 0 bridgehead atoms. The van der Waals surface area contributed by atoms with Crippen molar-refractivity contribution in [1.82, 2.24) is 0 Å². The smallest absolute Gasteiger partial charge is 0.306 e. The van der Waals surface area contributed by atoms with Gasteiger partial charge in [0.1, 0.15) is 13.2 Å². The third-order valence-electron chi connectivity index (χ3n) is 11.5. The molecular weight excluding hydrogens is 817 g/mol. The van der Waals surface area contributed by atoms with Gasteiger partial charge in [-0.25, -0.2) is 0 Å². The molecule has 0 spiro atoms. The molecule has 0 amide bonds. The first kappa shape index (κ1) is 62.3. The summed E-state index contributed by atoms with van der Waals surface area (Å²) in [6.45, 7) is 6.43. The van der Waals surface area contributed by atoms with E-state index in [1.807, 2.05) is 60.8 Å². The van der Waals surface area contributed by atoms with Crippen molar-refractivity contribution >= 4 is 17.9 Å². The predicted octanol–water partition coefficient (Wildman–Crippen LogP) is 18.1. The first-order chi connectivity index (χ1) is 32.5. The fourth-order valence-corrected chi connectivity index (χ4v) is 7.41. The molecule has 0 rings (SSSR count). The number of ether oxygens (including phenoxy) is 3. The zero-order valence-corrected chi connectivity index (χ0v) is 42.9. The van der Waals surface area contributed by atoms with Crippen molar-refractivity contribution in [1.29, 1.82) is 0 Å². The van der Waals surface area contributed by atoms with Crippen molar-refractivity contribution in [3.63, 3.8) is 0 Å². The van der Waals surface area contributed by atoms with Crippen LogP contribution in [0.15, 0.2) is 97.2 Å². The van der Waals surface area contributed by atoms with Crippen LogP contribution in [0.25, 0.3) is 0 Å². The van der Waals surface area contributed by atoms with Crippen molar-refractivity contribution in [3.8, 4) is 0 Å². The number of rotatable bonds is 48. The standard InChI is InChI=1S/C60H100O6/c1-4-7-10-13-16-19-22-25-28-30-33-35-38-41-44-47-50-53-59(62)65-56-57(55-64-58(61)52-49-46-43-40-37-34-31-27-24-21-18-15-12-9-6-3)66-60(63)54-51-48-45-42-39-36-32-29-26-23-20-17-14-11-8-5-2/h7,10,13,16,19,22,25,28-30,32-33,35-36,38-39,57H,4-6,8-9,11-12,14-15,17-18,20-21,23-24,26-27,31,34,37,40-56H2,1-3H3/b10-7-,16-13-,22-19-,28-25-,32-29-,33-30+,38-35-,39-36-. The minimum atomic E-state index is -0.809. The van der Waals surface area contributed by atoms with E-state index in [0.717, 1.165) is 83.5 Å². The van der Waals surface area contributed by atoms with E-state index in [1.54, 1.807) is 0 Å². The van der Waals surface area contributed by atoms with Gasteiger partial charge in [0, 0.05) is 19.3 Å². The van der Waals surface area contributed by atoms with Gasteiger partial charge in [-0.2, -0.15) is 0 Å². The second-order valence-electron chi connectivity index (χ2n) is 17.9. The molecule has 0 N–H and O–H groups in total. The lowest BCUT2D eigenvalue weighted by Gasteiger charge is -2.18. The van der Waals surface area contributed by atoms with Crippen molar-refractivity contribution in [2.24, 2.45) is 0 Å². The van der Waals surface area contributed by atoms with Gasteiger partial charge in [-0.05, 0) is 64.2 Å². The molecule has 0 aliphatic rings. The molecule has 66 heavy (non-hydrogen) atoms. The minimum absolute atomic E-state index is 0.102. The van der Waals surface area contributed by atoms with Crippen LogP contribution in [-0.2, 0) is 28.6 Å². The molecule has 6 heteroatoms. The fraction of sp³-hybridized carbons (Fsp3) is 0.683. The summed E-state index contributed by atoms with van der Waals surface area (Å²) in [6.07, 6.45) is 71.0. The molecule has 0 heterocycles. The third-order valence-corrected chi connectivity index (χ3v) is 11.5. The van der Waals surface area contributed by atoms with E-state index in [0.29, 0.717) is 12.8 Å². The SMILES string of the molecule is CC\C=C/C=C\C=C/C=C\C=C\C=C/CCCCCC(=O)OCC(COC(=O)CCCCCCCCCCCCCCCCC)OC(=O)CCCCC/C=C\C=C/CCCCCCCCC. The lowest BCUT2D eigenvalue weighted by Crippen LogP contribution is -2.30. The number of carbonyl (C=O) groups is 3. The number of allylic oxidation sites excluding steroid dienone is 16. The van der Waals surface area contributed by atoms with Gasteiger partial charge in [0.2, 0.25) is 0 Å². The maximum Gasteiger partial charge on any atom is 0.306 e. The molecule has 1 unspecified atom stereocenters. The lowest BCUT2D eigenvalue weighted by atomic mass is 10.0. The van der Waals surface area contributed by atoms with Gasteiger partial charge in [-0.1, -0.05) is 259 Å². The lowest BCUT2D eigenvalue weighted by molar-refractivity contribution is -0.167. The Morgan fingerprint density at radius 2 is 0.591 bits per heavy atom. The third kappa shape index (κ3) is 51.3. The average molecular weight is 917 g/mol. The second kappa shape index (κ2) is 53.9. The molecule has 0 aliphatic carbocycles. The van der Waals surface area contributed by atoms with Crippen molar-refractivity contribution < 1.29 is 28.6 Å². The Kier molecular flexibility index (Phi) is 50.9. The maximum absolute atomic E-state index is 12.8. The molecule has 376 valence electrons. The Morgan fingerprint density at radius 1 is 0.318 bits per heavy atom. The summed E-state index contributed by atoms with van der Waals surface area (Å²) in [6, 6.07) is 0. The number of carbonyl (C=O) groups excluding carboxylic acids is 3. The molecule has 0 saturated carbocycles. The van der Waals surface area contributed by atoms with Crippen LogP contribution < -0.4 is 0 Å². The summed E-state index contributed by atoms with van der Waals surface area (Å²) in [4.78, 5) is 38.1. The van der Waals surface area contributed by atoms with Gasteiger partial charge in [-0.15, -0.1) is 0 Å². The van der Waals surface area contributed by atoms with E-state index in [9.17, 15) is 14.4 Å². The van der Waals surface area contributed by atoms with Gasteiger partial charge < -0.3 is 14.2 Å². The van der Waals surface area contributed by atoms with Gasteiger partial charge in [-0.3, -0.25) is 14.4 Å². The molecule has 0 aromatic heterocycles. The van der Waals surface area contributed by atoms with Crippen molar-refractivity contribution in [2.75, 3.05) is 13.2 Å². The highest BCUT2D eigenvalue weighted by molar-refractivity contribution is 5.71. The number of hydrogen-bond acceptors (Lipinski definition) is 6. The van der Waals surface area contributed by atoms with Crippen LogP contribution in [0.2, 0.25) is 0 Å². The number of hydrogen-bond donors (Lipinski definition) is 0. The van der Waals surface area contributed by atoms with Gasteiger partial charge in [0.15, 0.2) is 6.10 Å². The van der Waals surface area contributed by atoms with Crippen LogP contribution in [0.1, 0.15) is 245 Å². The highest BCUT2D eigenvalue weighted by atomic mass is 16.6. The zero-order valence-electron chi connectivity index (χ0n) is 42.9. The molecule has 0 fully saturated rings. The molecule has 6 nitrogen and oxygen atoms in total. The number of esters is 3. The normalized spacial score (nSPS) is 12.8. The zero-order chi connectivity index (χ0) is 47.9. The van der Waals surface area contributed by atoms with E-state index in [1.165, 1.54) is 122 Å². The monoisotopic (exact) mass is 917 g/mol. The highest BCUT2D eigenvalue weighted by Crippen LogP contribution is 2.15. The minimum Gasteiger partial charge on any atom is -0.462 e.